The van der Waals surface area contributed by atoms with Crippen LogP contribution in [0, 0.1) is 0 Å². The molecule has 0 fully saturated rings. The van der Waals surface area contributed by atoms with Crippen LogP contribution in [0.1, 0.15) is 29.8 Å². The third-order valence-corrected chi connectivity index (χ3v) is 3.18. The lowest BCUT2D eigenvalue weighted by Gasteiger charge is -2.03. The summed E-state index contributed by atoms with van der Waals surface area (Å²) in [5.74, 6) is 0.576. The molecule has 0 aliphatic rings. The molecule has 0 atom stereocenters. The summed E-state index contributed by atoms with van der Waals surface area (Å²) in [7, 11) is 0. The van der Waals surface area contributed by atoms with Gasteiger partial charge in [-0.3, -0.25) is 9.59 Å². The molecule has 2 aromatic rings. The Morgan fingerprint density at radius 1 is 1.04 bits per heavy atom. The fraction of sp³-hybridized carbons (Fsp3) is 0.158. The Morgan fingerprint density at radius 2 is 1.70 bits per heavy atom. The van der Waals surface area contributed by atoms with Crippen molar-refractivity contribution in [2.45, 2.75) is 13.8 Å². The molecule has 0 heterocycles. The van der Waals surface area contributed by atoms with Crippen LogP contribution >= 0.6 is 0 Å². The number of carbonyl (C=O) groups excluding carboxylic acids is 2. The topological polar surface area (TPSA) is 55.4 Å². The normalized spacial score (nSPS) is 10.5. The van der Waals surface area contributed by atoms with Gasteiger partial charge in [-0.1, -0.05) is 12.1 Å². The molecule has 0 spiro atoms. The van der Waals surface area contributed by atoms with Crippen LogP contribution in [0.2, 0.25) is 0 Å². The zero-order valence-corrected chi connectivity index (χ0v) is 13.2. The zero-order valence-electron chi connectivity index (χ0n) is 13.2. The molecule has 2 rings (SSSR count). The highest BCUT2D eigenvalue weighted by molar-refractivity contribution is 6.02. The second-order valence-electron chi connectivity index (χ2n) is 4.96. The number of ether oxygens (including phenoxy) is 1. The summed E-state index contributed by atoms with van der Waals surface area (Å²) < 4.78 is 5.36. The van der Waals surface area contributed by atoms with Gasteiger partial charge in [-0.05, 0) is 61.9 Å². The fourth-order valence-corrected chi connectivity index (χ4v) is 1.99. The van der Waals surface area contributed by atoms with Gasteiger partial charge in [-0.2, -0.15) is 0 Å². The fourth-order valence-electron chi connectivity index (χ4n) is 1.99. The van der Waals surface area contributed by atoms with Gasteiger partial charge in [0.2, 0.25) is 5.91 Å². The van der Waals surface area contributed by atoms with Gasteiger partial charge in [-0.25, -0.2) is 0 Å². The van der Waals surface area contributed by atoms with Gasteiger partial charge in [-0.15, -0.1) is 0 Å². The first-order chi connectivity index (χ1) is 11.1. The molecule has 0 unspecified atom stereocenters. The largest absolute Gasteiger partial charge is 0.494 e. The smallest absolute Gasteiger partial charge is 0.248 e. The minimum atomic E-state index is -0.227. The molecule has 1 N–H and O–H groups in total. The number of ketones is 1. The highest BCUT2D eigenvalue weighted by Gasteiger charge is 2.01. The van der Waals surface area contributed by atoms with E-state index in [4.69, 9.17) is 4.74 Å². The molecule has 23 heavy (non-hydrogen) atoms. The number of Topliss-reactive ketones (excluding diaryl/α,β-unsaturated/α-hetero) is 1. The van der Waals surface area contributed by atoms with Crippen LogP contribution in [-0.4, -0.2) is 18.3 Å². The van der Waals surface area contributed by atoms with E-state index in [1.807, 2.05) is 31.2 Å². The SMILES string of the molecule is CCOc1ccc(/C=C/C(=O)Nc2ccc(C(C)=O)cc2)cc1. The third-order valence-electron chi connectivity index (χ3n) is 3.18. The molecule has 0 bridgehead atoms. The second-order valence-corrected chi connectivity index (χ2v) is 4.96. The number of rotatable bonds is 6. The summed E-state index contributed by atoms with van der Waals surface area (Å²) in [5.41, 5.74) is 2.18. The van der Waals surface area contributed by atoms with E-state index >= 15 is 0 Å². The predicted molar refractivity (Wildman–Crippen MR) is 91.7 cm³/mol. The van der Waals surface area contributed by atoms with E-state index in [-0.39, 0.29) is 11.7 Å². The van der Waals surface area contributed by atoms with Crippen molar-refractivity contribution in [2.75, 3.05) is 11.9 Å². The molecule has 0 saturated heterocycles. The molecule has 0 radical (unpaired) electrons. The van der Waals surface area contributed by atoms with E-state index in [0.29, 0.717) is 17.9 Å². The lowest BCUT2D eigenvalue weighted by Crippen LogP contribution is -2.07. The number of nitrogens with one attached hydrogen (secondary N) is 1. The monoisotopic (exact) mass is 309 g/mol. The maximum absolute atomic E-state index is 11.9. The first-order valence-corrected chi connectivity index (χ1v) is 7.41. The first kappa shape index (κ1) is 16.5. The van der Waals surface area contributed by atoms with Crippen molar-refractivity contribution in [3.63, 3.8) is 0 Å². The lowest BCUT2D eigenvalue weighted by atomic mass is 10.1. The minimum absolute atomic E-state index is 0.00160. The average molecular weight is 309 g/mol. The van der Waals surface area contributed by atoms with Gasteiger partial charge in [0.15, 0.2) is 5.78 Å². The van der Waals surface area contributed by atoms with Crippen LogP contribution in [0.4, 0.5) is 5.69 Å². The Morgan fingerprint density at radius 3 is 2.26 bits per heavy atom. The minimum Gasteiger partial charge on any atom is -0.494 e. The van der Waals surface area contributed by atoms with Gasteiger partial charge in [0.1, 0.15) is 5.75 Å². The van der Waals surface area contributed by atoms with Crippen molar-refractivity contribution in [3.8, 4) is 5.75 Å². The van der Waals surface area contributed by atoms with Crippen molar-refractivity contribution < 1.29 is 14.3 Å². The van der Waals surface area contributed by atoms with Crippen molar-refractivity contribution in [1.82, 2.24) is 0 Å². The molecular weight excluding hydrogens is 290 g/mol. The van der Waals surface area contributed by atoms with E-state index in [1.165, 1.54) is 13.0 Å². The van der Waals surface area contributed by atoms with Crippen molar-refractivity contribution in [1.29, 1.82) is 0 Å². The Bertz CT molecular complexity index is 700. The van der Waals surface area contributed by atoms with Crippen LogP contribution in [-0.2, 0) is 4.79 Å². The van der Waals surface area contributed by atoms with E-state index in [2.05, 4.69) is 5.32 Å². The van der Waals surface area contributed by atoms with Crippen LogP contribution in [0.5, 0.6) is 5.75 Å². The molecule has 1 amide bonds. The predicted octanol–water partition coefficient (Wildman–Crippen LogP) is 3.94. The maximum atomic E-state index is 11.9. The Kier molecular flexibility index (Phi) is 5.69. The van der Waals surface area contributed by atoms with Gasteiger partial charge >= 0.3 is 0 Å². The summed E-state index contributed by atoms with van der Waals surface area (Å²) >= 11 is 0. The molecule has 0 aliphatic heterocycles. The van der Waals surface area contributed by atoms with Crippen molar-refractivity contribution in [3.05, 3.63) is 65.7 Å². The summed E-state index contributed by atoms with van der Waals surface area (Å²) in [6.45, 7) is 4.06. The van der Waals surface area contributed by atoms with Crippen molar-refractivity contribution in [2.24, 2.45) is 0 Å². The number of benzene rings is 2. The second kappa shape index (κ2) is 7.94. The summed E-state index contributed by atoms with van der Waals surface area (Å²) in [6.07, 6.45) is 3.20. The molecule has 4 heteroatoms. The molecular formula is C19H19NO3. The van der Waals surface area contributed by atoms with E-state index in [9.17, 15) is 9.59 Å². The van der Waals surface area contributed by atoms with Crippen molar-refractivity contribution >= 4 is 23.5 Å². The van der Waals surface area contributed by atoms with E-state index in [1.54, 1.807) is 30.3 Å². The summed E-state index contributed by atoms with van der Waals surface area (Å²) in [6, 6.07) is 14.3. The summed E-state index contributed by atoms with van der Waals surface area (Å²) in [5, 5.41) is 2.75. The number of carbonyl (C=O) groups is 2. The van der Waals surface area contributed by atoms with Gasteiger partial charge in [0.25, 0.3) is 0 Å². The average Bonchev–Trinajstić information content (AvgIpc) is 2.55. The number of hydrogen-bond acceptors (Lipinski definition) is 3. The van der Waals surface area contributed by atoms with Crippen LogP contribution in [0.3, 0.4) is 0 Å². The van der Waals surface area contributed by atoms with Crippen LogP contribution in [0.15, 0.2) is 54.6 Å². The maximum Gasteiger partial charge on any atom is 0.248 e. The lowest BCUT2D eigenvalue weighted by molar-refractivity contribution is -0.111. The highest BCUT2D eigenvalue weighted by atomic mass is 16.5. The molecule has 118 valence electrons. The Hall–Kier alpha value is -2.88. The first-order valence-electron chi connectivity index (χ1n) is 7.41. The van der Waals surface area contributed by atoms with Crippen LogP contribution < -0.4 is 10.1 Å². The van der Waals surface area contributed by atoms with Crippen LogP contribution in [0.25, 0.3) is 6.08 Å². The zero-order chi connectivity index (χ0) is 16.7. The van der Waals surface area contributed by atoms with Gasteiger partial charge < -0.3 is 10.1 Å². The quantitative estimate of drug-likeness (QED) is 0.649. The third kappa shape index (κ3) is 5.11. The van der Waals surface area contributed by atoms with Gasteiger partial charge in [0, 0.05) is 17.3 Å². The standard InChI is InChI=1S/C19H19NO3/c1-3-23-18-11-4-15(5-12-18)6-13-19(22)20-17-9-7-16(8-10-17)14(2)21/h4-13H,3H2,1-2H3,(H,20,22)/b13-6+. The Balaban J connectivity index is 1.94. The molecule has 0 aromatic heterocycles. The molecule has 4 nitrogen and oxygen atoms in total. The van der Waals surface area contributed by atoms with E-state index < -0.39 is 0 Å². The number of hydrogen-bond donors (Lipinski definition) is 1. The molecule has 0 saturated carbocycles. The molecule has 0 aliphatic carbocycles. The summed E-state index contributed by atoms with van der Waals surface area (Å²) in [4.78, 5) is 23.1. The highest BCUT2D eigenvalue weighted by Crippen LogP contribution is 2.13. The van der Waals surface area contributed by atoms with E-state index in [0.717, 1.165) is 11.3 Å². The Labute approximate surface area is 135 Å². The molecule has 2 aromatic carbocycles. The van der Waals surface area contributed by atoms with Gasteiger partial charge in [0.05, 0.1) is 6.61 Å². The number of anilines is 1. The number of amides is 1.